The molecule has 3 aromatic rings. The molecule has 1 N–H and O–H groups in total. The Labute approximate surface area is 219 Å². The molecule has 9 heteroatoms. The first-order chi connectivity index (χ1) is 18.3. The maximum Gasteiger partial charge on any atom is 0.295 e. The molecule has 0 spiro atoms. The lowest BCUT2D eigenvalue weighted by molar-refractivity contribution is -0.139. The highest BCUT2D eigenvalue weighted by Crippen LogP contribution is 2.42. The summed E-state index contributed by atoms with van der Waals surface area (Å²) >= 11 is 0. The molecule has 1 aliphatic rings. The summed E-state index contributed by atoms with van der Waals surface area (Å²) in [5.41, 5.74) is 1.52. The molecule has 0 saturated carbocycles. The Balaban J connectivity index is 1.79. The van der Waals surface area contributed by atoms with Crippen LogP contribution in [-0.4, -0.2) is 56.7 Å². The minimum absolute atomic E-state index is 0.0962. The maximum absolute atomic E-state index is 13.5. The number of benzene rings is 3. The highest BCUT2D eigenvalue weighted by molar-refractivity contribution is 6.46. The summed E-state index contributed by atoms with van der Waals surface area (Å²) < 4.78 is 35.0. The van der Waals surface area contributed by atoms with E-state index in [1.165, 1.54) is 50.5 Å². The second kappa shape index (κ2) is 11.2. The van der Waals surface area contributed by atoms with Crippen molar-refractivity contribution in [3.63, 3.8) is 0 Å². The zero-order valence-corrected chi connectivity index (χ0v) is 21.5. The molecule has 1 amide bonds. The summed E-state index contributed by atoms with van der Waals surface area (Å²) in [6.45, 7) is 0.166. The van der Waals surface area contributed by atoms with E-state index in [2.05, 4.69) is 0 Å². The van der Waals surface area contributed by atoms with Crippen LogP contribution in [0, 0.1) is 5.82 Å². The van der Waals surface area contributed by atoms with E-state index in [0.29, 0.717) is 35.0 Å². The molecule has 1 fully saturated rings. The summed E-state index contributed by atoms with van der Waals surface area (Å²) in [6, 6.07) is 14.6. The van der Waals surface area contributed by atoms with E-state index >= 15 is 0 Å². The molecule has 1 unspecified atom stereocenters. The number of hydrogen-bond acceptors (Lipinski definition) is 7. The van der Waals surface area contributed by atoms with E-state index < -0.39 is 29.3 Å². The second-order valence-corrected chi connectivity index (χ2v) is 8.55. The minimum atomic E-state index is -0.917. The number of aliphatic hydroxyl groups excluding tert-OH is 1. The van der Waals surface area contributed by atoms with Crippen molar-refractivity contribution in [1.29, 1.82) is 0 Å². The SMILES string of the molecule is COc1ccc(CCN2C(=O)C(=O)/C(=C(\O)c3ccc(F)cc3)C2c2ccc(OC)c(OC)c2)cc1OC. The van der Waals surface area contributed by atoms with Crippen molar-refractivity contribution in [2.75, 3.05) is 35.0 Å². The van der Waals surface area contributed by atoms with Crippen molar-refractivity contribution in [3.05, 3.63) is 88.7 Å². The fourth-order valence-electron chi connectivity index (χ4n) is 4.53. The fraction of sp³-hybridized carbons (Fsp3) is 0.241. The van der Waals surface area contributed by atoms with Gasteiger partial charge in [-0.3, -0.25) is 9.59 Å². The Hall–Kier alpha value is -4.53. The average molecular weight is 522 g/mol. The van der Waals surface area contributed by atoms with Crippen molar-refractivity contribution >= 4 is 17.4 Å². The summed E-state index contributed by atoms with van der Waals surface area (Å²) in [5, 5.41) is 11.2. The van der Waals surface area contributed by atoms with E-state index in [0.717, 1.165) is 5.56 Å². The molecule has 1 atom stereocenters. The van der Waals surface area contributed by atoms with Gasteiger partial charge in [0.05, 0.1) is 40.1 Å². The van der Waals surface area contributed by atoms with Crippen LogP contribution in [0.25, 0.3) is 5.76 Å². The number of Topliss-reactive ketones (excluding diaryl/α,β-unsaturated/α-hetero) is 1. The number of carbonyl (C=O) groups excluding carboxylic acids is 2. The number of carbonyl (C=O) groups is 2. The lowest BCUT2D eigenvalue weighted by atomic mass is 9.94. The van der Waals surface area contributed by atoms with Crippen LogP contribution in [0.3, 0.4) is 0 Å². The molecule has 0 radical (unpaired) electrons. The lowest BCUT2D eigenvalue weighted by Crippen LogP contribution is -2.31. The minimum Gasteiger partial charge on any atom is -0.507 e. The van der Waals surface area contributed by atoms with Crippen LogP contribution in [0.15, 0.2) is 66.2 Å². The fourth-order valence-corrected chi connectivity index (χ4v) is 4.53. The predicted molar refractivity (Wildman–Crippen MR) is 138 cm³/mol. The van der Waals surface area contributed by atoms with Crippen LogP contribution in [0.4, 0.5) is 4.39 Å². The van der Waals surface area contributed by atoms with Crippen molar-refractivity contribution in [2.24, 2.45) is 0 Å². The Bertz CT molecular complexity index is 1380. The Kier molecular flexibility index (Phi) is 7.85. The van der Waals surface area contributed by atoms with E-state index in [4.69, 9.17) is 18.9 Å². The maximum atomic E-state index is 13.5. The summed E-state index contributed by atoms with van der Waals surface area (Å²) in [7, 11) is 6.06. The van der Waals surface area contributed by atoms with Crippen LogP contribution < -0.4 is 18.9 Å². The van der Waals surface area contributed by atoms with Crippen molar-refractivity contribution in [2.45, 2.75) is 12.5 Å². The molecule has 1 heterocycles. The monoisotopic (exact) mass is 521 g/mol. The van der Waals surface area contributed by atoms with Gasteiger partial charge >= 0.3 is 0 Å². The zero-order chi connectivity index (χ0) is 27.4. The quantitative estimate of drug-likeness (QED) is 0.251. The number of halogens is 1. The molecule has 0 aliphatic carbocycles. The summed E-state index contributed by atoms with van der Waals surface area (Å²) in [6.07, 6.45) is 0.397. The van der Waals surface area contributed by atoms with Crippen LogP contribution in [0.5, 0.6) is 23.0 Å². The molecule has 1 aliphatic heterocycles. The normalized spacial score (nSPS) is 16.4. The van der Waals surface area contributed by atoms with E-state index in [1.54, 1.807) is 37.4 Å². The van der Waals surface area contributed by atoms with E-state index in [-0.39, 0.29) is 17.7 Å². The second-order valence-electron chi connectivity index (χ2n) is 8.55. The van der Waals surface area contributed by atoms with Crippen LogP contribution >= 0.6 is 0 Å². The van der Waals surface area contributed by atoms with Gasteiger partial charge in [0.1, 0.15) is 11.6 Å². The third-order valence-electron chi connectivity index (χ3n) is 6.47. The van der Waals surface area contributed by atoms with E-state index in [9.17, 15) is 19.1 Å². The van der Waals surface area contributed by atoms with Crippen molar-refractivity contribution in [1.82, 2.24) is 4.90 Å². The van der Waals surface area contributed by atoms with Gasteiger partial charge < -0.3 is 29.0 Å². The largest absolute Gasteiger partial charge is 0.507 e. The van der Waals surface area contributed by atoms with Gasteiger partial charge in [0, 0.05) is 12.1 Å². The Morgan fingerprint density at radius 3 is 2.00 bits per heavy atom. The third-order valence-corrected chi connectivity index (χ3v) is 6.47. The van der Waals surface area contributed by atoms with Gasteiger partial charge in [-0.2, -0.15) is 0 Å². The average Bonchev–Trinajstić information content (AvgIpc) is 3.20. The number of rotatable bonds is 9. The van der Waals surface area contributed by atoms with Gasteiger partial charge in [-0.1, -0.05) is 12.1 Å². The molecule has 38 heavy (non-hydrogen) atoms. The number of aliphatic hydroxyl groups is 1. The summed E-state index contributed by atoms with van der Waals surface area (Å²) in [4.78, 5) is 28.0. The highest BCUT2D eigenvalue weighted by atomic mass is 19.1. The van der Waals surface area contributed by atoms with Gasteiger partial charge in [-0.25, -0.2) is 4.39 Å². The van der Waals surface area contributed by atoms with Crippen molar-refractivity contribution in [3.8, 4) is 23.0 Å². The Morgan fingerprint density at radius 2 is 1.39 bits per heavy atom. The summed E-state index contributed by atoms with van der Waals surface area (Å²) in [5.74, 6) is -0.492. The first-order valence-corrected chi connectivity index (χ1v) is 11.8. The molecule has 4 rings (SSSR count). The predicted octanol–water partition coefficient (Wildman–Crippen LogP) is 4.52. The van der Waals surface area contributed by atoms with Gasteiger partial charge in [-0.15, -0.1) is 0 Å². The van der Waals surface area contributed by atoms with Gasteiger partial charge in [-0.05, 0) is 66.1 Å². The number of methoxy groups -OCH3 is 4. The van der Waals surface area contributed by atoms with Crippen LogP contribution in [0.1, 0.15) is 22.7 Å². The Morgan fingerprint density at radius 1 is 0.816 bits per heavy atom. The van der Waals surface area contributed by atoms with Crippen molar-refractivity contribution < 1.29 is 38.0 Å². The molecule has 1 saturated heterocycles. The van der Waals surface area contributed by atoms with Gasteiger partial charge in [0.15, 0.2) is 23.0 Å². The molecular weight excluding hydrogens is 493 g/mol. The number of ether oxygens (including phenoxy) is 4. The topological polar surface area (TPSA) is 94.5 Å². The van der Waals surface area contributed by atoms with Gasteiger partial charge in [0.2, 0.25) is 0 Å². The molecule has 3 aromatic carbocycles. The number of likely N-dealkylation sites (tertiary alicyclic amines) is 1. The zero-order valence-electron chi connectivity index (χ0n) is 21.5. The molecule has 0 aromatic heterocycles. The number of amides is 1. The highest BCUT2D eigenvalue weighted by Gasteiger charge is 2.46. The smallest absolute Gasteiger partial charge is 0.295 e. The van der Waals surface area contributed by atoms with Gasteiger partial charge in [0.25, 0.3) is 11.7 Å². The molecule has 8 nitrogen and oxygen atoms in total. The standard InChI is InChI=1S/C29H28FNO7/c1-35-21-11-5-17(15-23(21)37-3)13-14-31-26(19-8-12-22(36-2)24(16-19)38-4)25(28(33)29(31)34)27(32)18-6-9-20(30)10-7-18/h5-12,15-16,26,32H,13-14H2,1-4H3/b27-25-. The van der Waals surface area contributed by atoms with E-state index in [1.807, 2.05) is 6.07 Å². The third kappa shape index (κ3) is 5.00. The van der Waals surface area contributed by atoms with Crippen LogP contribution in [-0.2, 0) is 16.0 Å². The molecule has 198 valence electrons. The van der Waals surface area contributed by atoms with Crippen LogP contribution in [0.2, 0.25) is 0 Å². The lowest BCUT2D eigenvalue weighted by Gasteiger charge is -2.26. The number of nitrogens with zero attached hydrogens (tertiary/aromatic N) is 1. The molecule has 0 bridgehead atoms. The number of hydrogen-bond donors (Lipinski definition) is 1. The molecular formula is C29H28FNO7. The first kappa shape index (κ1) is 26.5. The first-order valence-electron chi connectivity index (χ1n) is 11.8. The number of ketones is 1.